The van der Waals surface area contributed by atoms with Crippen LogP contribution in [0.15, 0.2) is 23.1 Å². The van der Waals surface area contributed by atoms with Crippen LogP contribution >= 0.6 is 11.8 Å². The van der Waals surface area contributed by atoms with Gasteiger partial charge in [0.15, 0.2) is 0 Å². The molecule has 2 atom stereocenters. The van der Waals surface area contributed by atoms with Crippen molar-refractivity contribution < 1.29 is 9.00 Å². The quantitative estimate of drug-likeness (QED) is 0.862. The topological polar surface area (TPSA) is 46.2 Å². The fourth-order valence-corrected chi connectivity index (χ4v) is 4.23. The molecule has 0 spiro atoms. The van der Waals surface area contributed by atoms with Gasteiger partial charge in [0.2, 0.25) is 0 Å². The molecule has 2 rings (SSSR count). The first-order chi connectivity index (χ1) is 10.5. The van der Waals surface area contributed by atoms with Crippen LogP contribution in [-0.4, -0.2) is 33.4 Å². The van der Waals surface area contributed by atoms with Crippen molar-refractivity contribution in [2.24, 2.45) is 0 Å². The number of rotatable bonds is 6. The molecule has 1 aromatic carbocycles. The highest BCUT2D eigenvalue weighted by Gasteiger charge is 2.20. The maximum absolute atomic E-state index is 12.5. The van der Waals surface area contributed by atoms with Crippen LogP contribution in [0.2, 0.25) is 0 Å². The largest absolute Gasteiger partial charge is 0.351 e. The number of amides is 1. The van der Waals surface area contributed by atoms with Crippen LogP contribution in [0.1, 0.15) is 48.5 Å². The summed E-state index contributed by atoms with van der Waals surface area (Å²) in [5.74, 6) is -0.0542. The van der Waals surface area contributed by atoms with E-state index < -0.39 is 10.8 Å². The van der Waals surface area contributed by atoms with Crippen molar-refractivity contribution in [2.45, 2.75) is 54.9 Å². The summed E-state index contributed by atoms with van der Waals surface area (Å²) in [5.41, 5.74) is 1.85. The summed E-state index contributed by atoms with van der Waals surface area (Å²) in [7, 11) is -0.917. The Morgan fingerprint density at radius 1 is 1.41 bits per heavy atom. The zero-order valence-corrected chi connectivity index (χ0v) is 15.2. The van der Waals surface area contributed by atoms with Gasteiger partial charge in [0.25, 0.3) is 5.91 Å². The Kier molecular flexibility index (Phi) is 6.50. The van der Waals surface area contributed by atoms with Gasteiger partial charge in [0, 0.05) is 39.0 Å². The van der Waals surface area contributed by atoms with Crippen molar-refractivity contribution >= 4 is 28.5 Å². The average Bonchev–Trinajstić information content (AvgIpc) is 2.99. The molecular formula is C17H25NO2S2. The maximum Gasteiger partial charge on any atom is 0.252 e. The minimum absolute atomic E-state index is 0.0281. The standard InChI is InChI=1S/C17H25NO2S2/c1-12-8-9-16(21-14-6-4-5-7-14)15(10-12)17(19)18-11-13(2)22(3)20/h8-10,13-14H,4-7,11H2,1-3H3,(H,18,19)/t13-,22-/m1/s1. The van der Waals surface area contributed by atoms with Gasteiger partial charge in [-0.05, 0) is 38.8 Å². The van der Waals surface area contributed by atoms with E-state index in [-0.39, 0.29) is 11.2 Å². The normalized spacial score (nSPS) is 18.1. The number of hydrogen-bond donors (Lipinski definition) is 1. The lowest BCUT2D eigenvalue weighted by Crippen LogP contribution is -2.32. The van der Waals surface area contributed by atoms with E-state index in [1.165, 1.54) is 25.7 Å². The zero-order valence-electron chi connectivity index (χ0n) is 13.6. The van der Waals surface area contributed by atoms with E-state index in [0.717, 1.165) is 16.0 Å². The van der Waals surface area contributed by atoms with E-state index in [1.807, 2.05) is 31.7 Å². The van der Waals surface area contributed by atoms with E-state index in [0.29, 0.717) is 11.8 Å². The molecule has 0 aliphatic heterocycles. The van der Waals surface area contributed by atoms with Crippen molar-refractivity contribution in [3.05, 3.63) is 29.3 Å². The van der Waals surface area contributed by atoms with Gasteiger partial charge in [-0.3, -0.25) is 9.00 Å². The number of benzene rings is 1. The van der Waals surface area contributed by atoms with Gasteiger partial charge in [-0.25, -0.2) is 0 Å². The van der Waals surface area contributed by atoms with Gasteiger partial charge in [0.05, 0.1) is 5.56 Å². The molecule has 1 aromatic rings. The van der Waals surface area contributed by atoms with Gasteiger partial charge in [-0.15, -0.1) is 11.8 Å². The second kappa shape index (κ2) is 8.16. The average molecular weight is 340 g/mol. The summed E-state index contributed by atoms with van der Waals surface area (Å²) < 4.78 is 11.4. The molecule has 1 N–H and O–H groups in total. The molecule has 5 heteroatoms. The lowest BCUT2D eigenvalue weighted by molar-refractivity contribution is 0.0951. The van der Waals surface area contributed by atoms with E-state index in [4.69, 9.17) is 0 Å². The molecule has 0 radical (unpaired) electrons. The summed E-state index contributed by atoms with van der Waals surface area (Å²) in [5, 5.41) is 3.53. The number of thioether (sulfide) groups is 1. The molecule has 0 aromatic heterocycles. The number of carbonyl (C=O) groups is 1. The van der Waals surface area contributed by atoms with Crippen LogP contribution in [0.25, 0.3) is 0 Å². The molecule has 1 aliphatic rings. The third-order valence-corrected chi connectivity index (χ3v) is 6.81. The lowest BCUT2D eigenvalue weighted by atomic mass is 10.1. The molecule has 122 valence electrons. The van der Waals surface area contributed by atoms with Gasteiger partial charge < -0.3 is 5.32 Å². The second-order valence-electron chi connectivity index (χ2n) is 6.04. The fourth-order valence-electron chi connectivity index (χ4n) is 2.56. The SMILES string of the molecule is Cc1ccc(SC2CCCC2)c(C(=O)NC[C@@H](C)[S@@](C)=O)c1. The Balaban J connectivity index is 2.08. The Hall–Kier alpha value is -0.810. The van der Waals surface area contributed by atoms with Crippen molar-refractivity contribution in [3.8, 4) is 0 Å². The first-order valence-electron chi connectivity index (χ1n) is 7.85. The number of nitrogens with one attached hydrogen (secondary N) is 1. The Labute approximate surface area is 140 Å². The molecule has 0 heterocycles. The van der Waals surface area contributed by atoms with Crippen LogP contribution < -0.4 is 5.32 Å². The van der Waals surface area contributed by atoms with Gasteiger partial charge in [-0.1, -0.05) is 24.5 Å². The molecular weight excluding hydrogens is 314 g/mol. The van der Waals surface area contributed by atoms with Crippen molar-refractivity contribution in [2.75, 3.05) is 12.8 Å². The monoisotopic (exact) mass is 339 g/mol. The minimum atomic E-state index is -0.917. The molecule has 1 amide bonds. The number of aryl methyl sites for hydroxylation is 1. The van der Waals surface area contributed by atoms with E-state index >= 15 is 0 Å². The van der Waals surface area contributed by atoms with E-state index in [2.05, 4.69) is 17.4 Å². The molecule has 1 saturated carbocycles. The number of hydrogen-bond acceptors (Lipinski definition) is 3. The highest BCUT2D eigenvalue weighted by atomic mass is 32.2. The van der Waals surface area contributed by atoms with Crippen molar-refractivity contribution in [1.82, 2.24) is 5.32 Å². The van der Waals surface area contributed by atoms with E-state index in [1.54, 1.807) is 6.26 Å². The molecule has 1 aliphatic carbocycles. The van der Waals surface area contributed by atoms with Gasteiger partial charge in [0.1, 0.15) is 0 Å². The predicted molar refractivity (Wildman–Crippen MR) is 95.2 cm³/mol. The van der Waals surface area contributed by atoms with Gasteiger partial charge in [-0.2, -0.15) is 0 Å². The molecule has 3 nitrogen and oxygen atoms in total. The maximum atomic E-state index is 12.5. The predicted octanol–water partition coefficient (Wildman–Crippen LogP) is 3.53. The highest BCUT2D eigenvalue weighted by molar-refractivity contribution is 8.00. The van der Waals surface area contributed by atoms with Crippen LogP contribution in [-0.2, 0) is 10.8 Å². The Bertz CT molecular complexity index is 554. The number of carbonyl (C=O) groups excluding carboxylic acids is 1. The first kappa shape index (κ1) is 17.5. The zero-order chi connectivity index (χ0) is 16.1. The summed E-state index contributed by atoms with van der Waals surface area (Å²) >= 11 is 1.83. The van der Waals surface area contributed by atoms with Crippen LogP contribution in [0.5, 0.6) is 0 Å². The summed E-state index contributed by atoms with van der Waals surface area (Å²) in [4.78, 5) is 13.6. The Morgan fingerprint density at radius 3 is 2.73 bits per heavy atom. The molecule has 0 saturated heterocycles. The van der Waals surface area contributed by atoms with Crippen LogP contribution in [0.4, 0.5) is 0 Å². The van der Waals surface area contributed by atoms with Crippen LogP contribution in [0.3, 0.4) is 0 Å². The summed E-state index contributed by atoms with van der Waals surface area (Å²) in [6.45, 7) is 4.34. The molecule has 0 bridgehead atoms. The summed E-state index contributed by atoms with van der Waals surface area (Å²) in [6, 6.07) is 6.09. The van der Waals surface area contributed by atoms with Crippen LogP contribution in [0, 0.1) is 6.92 Å². The van der Waals surface area contributed by atoms with Gasteiger partial charge >= 0.3 is 0 Å². The molecule has 0 unspecified atom stereocenters. The first-order valence-corrected chi connectivity index (χ1v) is 10.3. The molecule has 22 heavy (non-hydrogen) atoms. The second-order valence-corrected chi connectivity index (χ2v) is 9.19. The smallest absolute Gasteiger partial charge is 0.252 e. The highest BCUT2D eigenvalue weighted by Crippen LogP contribution is 2.36. The Morgan fingerprint density at radius 2 is 2.09 bits per heavy atom. The summed E-state index contributed by atoms with van der Waals surface area (Å²) in [6.07, 6.45) is 6.75. The van der Waals surface area contributed by atoms with E-state index in [9.17, 15) is 9.00 Å². The molecule has 1 fully saturated rings. The third kappa shape index (κ3) is 4.85. The minimum Gasteiger partial charge on any atom is -0.351 e. The van der Waals surface area contributed by atoms with Crippen molar-refractivity contribution in [3.63, 3.8) is 0 Å². The third-order valence-electron chi connectivity index (χ3n) is 4.09. The fraction of sp³-hybridized carbons (Fsp3) is 0.588. The van der Waals surface area contributed by atoms with Crippen molar-refractivity contribution in [1.29, 1.82) is 0 Å². The lowest BCUT2D eigenvalue weighted by Gasteiger charge is -2.15.